The third-order valence-electron chi connectivity index (χ3n) is 3.72. The van der Waals surface area contributed by atoms with Crippen LogP contribution in [-0.2, 0) is 0 Å². The van der Waals surface area contributed by atoms with Gasteiger partial charge in [-0.3, -0.25) is 0 Å². The highest BCUT2D eigenvalue weighted by atomic mass is 16.5. The number of hydrogen-bond acceptors (Lipinski definition) is 6. The number of para-hydroxylation sites is 2. The van der Waals surface area contributed by atoms with Crippen molar-refractivity contribution in [2.45, 2.75) is 0 Å². The third-order valence-corrected chi connectivity index (χ3v) is 3.72. The molecule has 1 aromatic heterocycles. The van der Waals surface area contributed by atoms with Crippen LogP contribution >= 0.6 is 0 Å². The van der Waals surface area contributed by atoms with Gasteiger partial charge in [0.05, 0.1) is 22.4 Å². The van der Waals surface area contributed by atoms with Crippen molar-refractivity contribution in [2.24, 2.45) is 0 Å². The van der Waals surface area contributed by atoms with Crippen LogP contribution in [0.3, 0.4) is 0 Å². The van der Waals surface area contributed by atoms with Crippen LogP contribution in [0, 0.1) is 0 Å². The summed E-state index contributed by atoms with van der Waals surface area (Å²) in [6.45, 7) is 0. The SMILES string of the molecule is Nc1cc2nc(Oc3ccccc3)c(Oc3ccccc3)nc2cc1N. The van der Waals surface area contributed by atoms with Crippen molar-refractivity contribution in [1.29, 1.82) is 0 Å². The quantitative estimate of drug-likeness (QED) is 0.533. The van der Waals surface area contributed by atoms with Crippen LogP contribution in [0.2, 0.25) is 0 Å². The van der Waals surface area contributed by atoms with E-state index in [2.05, 4.69) is 9.97 Å². The van der Waals surface area contributed by atoms with Crippen LogP contribution in [0.15, 0.2) is 72.8 Å². The summed E-state index contributed by atoms with van der Waals surface area (Å²) in [6, 6.07) is 22.0. The summed E-state index contributed by atoms with van der Waals surface area (Å²) in [5.41, 5.74) is 13.8. The van der Waals surface area contributed by atoms with E-state index in [0.29, 0.717) is 33.9 Å². The van der Waals surface area contributed by atoms with E-state index in [4.69, 9.17) is 20.9 Å². The molecular weight excluding hydrogens is 328 g/mol. The Morgan fingerprint density at radius 2 is 0.962 bits per heavy atom. The van der Waals surface area contributed by atoms with E-state index in [1.165, 1.54) is 0 Å². The second kappa shape index (κ2) is 6.60. The number of ether oxygens (including phenoxy) is 2. The molecule has 0 bridgehead atoms. The molecule has 6 nitrogen and oxygen atoms in total. The number of anilines is 2. The van der Waals surface area contributed by atoms with Crippen molar-refractivity contribution in [3.8, 4) is 23.3 Å². The fraction of sp³-hybridized carbons (Fsp3) is 0. The number of hydrogen-bond donors (Lipinski definition) is 2. The summed E-state index contributed by atoms with van der Waals surface area (Å²) in [5, 5.41) is 0. The first-order chi connectivity index (χ1) is 12.7. The van der Waals surface area contributed by atoms with Gasteiger partial charge in [0.15, 0.2) is 0 Å². The van der Waals surface area contributed by atoms with Crippen molar-refractivity contribution in [2.75, 3.05) is 11.5 Å². The second-order valence-corrected chi connectivity index (χ2v) is 5.63. The van der Waals surface area contributed by atoms with Crippen molar-refractivity contribution < 1.29 is 9.47 Å². The maximum absolute atomic E-state index is 5.89. The van der Waals surface area contributed by atoms with E-state index in [9.17, 15) is 0 Å². The standard InChI is InChI=1S/C20H16N4O2/c21-15-11-17-18(12-16(15)22)24-20(26-14-9-5-2-6-10-14)19(23-17)25-13-7-3-1-4-8-13/h1-12H,21-22H2. The number of nitrogens with zero attached hydrogens (tertiary/aromatic N) is 2. The van der Waals surface area contributed by atoms with Gasteiger partial charge >= 0.3 is 0 Å². The summed E-state index contributed by atoms with van der Waals surface area (Å²) in [7, 11) is 0. The minimum atomic E-state index is 0.247. The lowest BCUT2D eigenvalue weighted by Crippen LogP contribution is -2.00. The molecule has 0 fully saturated rings. The number of benzene rings is 3. The maximum atomic E-state index is 5.89. The molecule has 0 unspecified atom stereocenters. The molecule has 0 aliphatic rings. The molecule has 0 aliphatic heterocycles. The maximum Gasteiger partial charge on any atom is 0.284 e. The van der Waals surface area contributed by atoms with Crippen LogP contribution in [0.4, 0.5) is 11.4 Å². The number of nitrogens with two attached hydrogens (primary N) is 2. The minimum Gasteiger partial charge on any atom is -0.435 e. The third kappa shape index (κ3) is 3.21. The molecule has 1 heterocycles. The Bertz CT molecular complexity index is 968. The molecule has 26 heavy (non-hydrogen) atoms. The Morgan fingerprint density at radius 1 is 0.577 bits per heavy atom. The normalized spacial score (nSPS) is 10.6. The first kappa shape index (κ1) is 15.7. The van der Waals surface area contributed by atoms with E-state index in [-0.39, 0.29) is 11.8 Å². The van der Waals surface area contributed by atoms with Gasteiger partial charge in [-0.25, -0.2) is 9.97 Å². The molecule has 4 rings (SSSR count). The van der Waals surface area contributed by atoms with Crippen LogP contribution < -0.4 is 20.9 Å². The number of aromatic nitrogens is 2. The molecule has 3 aromatic carbocycles. The second-order valence-electron chi connectivity index (χ2n) is 5.63. The molecule has 0 aliphatic carbocycles. The van der Waals surface area contributed by atoms with Gasteiger partial charge in [-0.1, -0.05) is 36.4 Å². The van der Waals surface area contributed by atoms with E-state index >= 15 is 0 Å². The summed E-state index contributed by atoms with van der Waals surface area (Å²) in [6.07, 6.45) is 0. The zero-order chi connectivity index (χ0) is 17.9. The molecule has 0 saturated heterocycles. The highest BCUT2D eigenvalue weighted by molar-refractivity contribution is 5.86. The summed E-state index contributed by atoms with van der Waals surface area (Å²) >= 11 is 0. The van der Waals surface area contributed by atoms with Gasteiger partial charge in [0.1, 0.15) is 11.5 Å². The van der Waals surface area contributed by atoms with Gasteiger partial charge < -0.3 is 20.9 Å². The summed E-state index contributed by atoms with van der Waals surface area (Å²) < 4.78 is 11.8. The van der Waals surface area contributed by atoms with E-state index in [1.807, 2.05) is 60.7 Å². The van der Waals surface area contributed by atoms with E-state index < -0.39 is 0 Å². The number of nitrogen functional groups attached to an aromatic ring is 2. The summed E-state index contributed by atoms with van der Waals surface area (Å²) in [5.74, 6) is 1.75. The van der Waals surface area contributed by atoms with Gasteiger partial charge in [-0.2, -0.15) is 0 Å². The molecule has 4 aromatic rings. The van der Waals surface area contributed by atoms with Gasteiger partial charge in [-0.15, -0.1) is 0 Å². The Hall–Kier alpha value is -3.80. The average molecular weight is 344 g/mol. The van der Waals surface area contributed by atoms with Crippen molar-refractivity contribution >= 4 is 22.4 Å². The summed E-state index contributed by atoms with van der Waals surface area (Å²) in [4.78, 5) is 9.05. The smallest absolute Gasteiger partial charge is 0.284 e. The Balaban J connectivity index is 1.82. The largest absolute Gasteiger partial charge is 0.435 e. The molecule has 0 radical (unpaired) electrons. The van der Waals surface area contributed by atoms with Crippen LogP contribution in [-0.4, -0.2) is 9.97 Å². The Morgan fingerprint density at radius 3 is 1.35 bits per heavy atom. The Kier molecular flexibility index (Phi) is 3.99. The first-order valence-electron chi connectivity index (χ1n) is 8.01. The lowest BCUT2D eigenvalue weighted by molar-refractivity contribution is 0.395. The minimum absolute atomic E-state index is 0.247. The molecule has 0 atom stereocenters. The predicted molar refractivity (Wildman–Crippen MR) is 101 cm³/mol. The zero-order valence-electron chi connectivity index (χ0n) is 13.8. The van der Waals surface area contributed by atoms with E-state index in [1.54, 1.807) is 12.1 Å². The van der Waals surface area contributed by atoms with Crippen LogP contribution in [0.1, 0.15) is 0 Å². The molecular formula is C20H16N4O2. The molecule has 6 heteroatoms. The van der Waals surface area contributed by atoms with Gasteiger partial charge in [-0.05, 0) is 36.4 Å². The lowest BCUT2D eigenvalue weighted by Gasteiger charge is -2.12. The van der Waals surface area contributed by atoms with Crippen LogP contribution in [0.5, 0.6) is 23.3 Å². The fourth-order valence-corrected chi connectivity index (χ4v) is 2.44. The van der Waals surface area contributed by atoms with Gasteiger partial charge in [0.25, 0.3) is 11.8 Å². The molecule has 0 saturated carbocycles. The average Bonchev–Trinajstić information content (AvgIpc) is 2.65. The van der Waals surface area contributed by atoms with E-state index in [0.717, 1.165) is 0 Å². The highest BCUT2D eigenvalue weighted by Gasteiger charge is 2.15. The van der Waals surface area contributed by atoms with Gasteiger partial charge in [0.2, 0.25) is 0 Å². The Labute approximate surface area is 150 Å². The highest BCUT2D eigenvalue weighted by Crippen LogP contribution is 2.34. The molecule has 4 N–H and O–H groups in total. The van der Waals surface area contributed by atoms with Gasteiger partial charge in [0, 0.05) is 0 Å². The zero-order valence-corrected chi connectivity index (χ0v) is 13.8. The fourth-order valence-electron chi connectivity index (χ4n) is 2.44. The molecule has 128 valence electrons. The molecule has 0 spiro atoms. The monoisotopic (exact) mass is 344 g/mol. The van der Waals surface area contributed by atoms with Crippen molar-refractivity contribution in [1.82, 2.24) is 9.97 Å². The van der Waals surface area contributed by atoms with Crippen molar-refractivity contribution in [3.05, 3.63) is 72.8 Å². The number of fused-ring (bicyclic) bond motifs is 1. The topological polar surface area (TPSA) is 96.3 Å². The molecule has 0 amide bonds. The lowest BCUT2D eigenvalue weighted by atomic mass is 10.2. The predicted octanol–water partition coefficient (Wildman–Crippen LogP) is 4.38. The first-order valence-corrected chi connectivity index (χ1v) is 8.01. The van der Waals surface area contributed by atoms with Crippen LogP contribution in [0.25, 0.3) is 11.0 Å². The number of rotatable bonds is 4. The van der Waals surface area contributed by atoms with Crippen molar-refractivity contribution in [3.63, 3.8) is 0 Å².